The fourth-order valence-electron chi connectivity index (χ4n) is 2.30. The van der Waals surface area contributed by atoms with Gasteiger partial charge in [0.05, 0.1) is 18.5 Å². The second kappa shape index (κ2) is 6.79. The first kappa shape index (κ1) is 16.1. The fourth-order valence-corrected chi connectivity index (χ4v) is 3.01. The van der Waals surface area contributed by atoms with E-state index in [1.807, 2.05) is 38.1 Å². The average Bonchev–Trinajstić information content (AvgIpc) is 3.24. The van der Waals surface area contributed by atoms with Gasteiger partial charge in [-0.2, -0.15) is 5.10 Å². The smallest absolute Gasteiger partial charge is 0.270 e. The van der Waals surface area contributed by atoms with E-state index in [2.05, 4.69) is 25.1 Å². The first-order valence-electron chi connectivity index (χ1n) is 7.42. The highest BCUT2D eigenvalue weighted by Crippen LogP contribution is 2.29. The van der Waals surface area contributed by atoms with Crippen molar-refractivity contribution in [3.63, 3.8) is 0 Å². The summed E-state index contributed by atoms with van der Waals surface area (Å²) in [6, 6.07) is 9.36. The zero-order valence-corrected chi connectivity index (χ0v) is 14.3. The summed E-state index contributed by atoms with van der Waals surface area (Å²) in [5.74, 6) is 1.04. The van der Waals surface area contributed by atoms with Gasteiger partial charge in [0.1, 0.15) is 10.6 Å². The van der Waals surface area contributed by atoms with Gasteiger partial charge in [-0.25, -0.2) is 0 Å². The van der Waals surface area contributed by atoms with Crippen LogP contribution in [0.1, 0.15) is 35.1 Å². The Morgan fingerprint density at radius 1 is 1.33 bits per heavy atom. The number of aromatic nitrogens is 4. The number of anilines is 1. The summed E-state index contributed by atoms with van der Waals surface area (Å²) in [6.45, 7) is 3.95. The average molecular weight is 343 g/mol. The van der Waals surface area contributed by atoms with Crippen molar-refractivity contribution in [2.75, 3.05) is 12.4 Å². The Labute approximate surface area is 143 Å². The molecule has 24 heavy (non-hydrogen) atoms. The van der Waals surface area contributed by atoms with Crippen molar-refractivity contribution in [1.82, 2.24) is 19.8 Å². The zero-order valence-electron chi connectivity index (χ0n) is 13.5. The molecular weight excluding hydrogens is 326 g/mol. The quantitative estimate of drug-likeness (QED) is 0.741. The molecule has 0 spiro atoms. The van der Waals surface area contributed by atoms with Gasteiger partial charge < -0.3 is 10.1 Å². The minimum atomic E-state index is -0.258. The monoisotopic (exact) mass is 343 g/mol. The molecule has 8 heteroatoms. The summed E-state index contributed by atoms with van der Waals surface area (Å²) >= 11 is 1.08. The molecule has 3 aromatic rings. The van der Waals surface area contributed by atoms with Gasteiger partial charge in [-0.3, -0.25) is 9.89 Å². The molecule has 0 saturated carbocycles. The molecule has 1 amide bonds. The molecule has 7 nitrogen and oxygen atoms in total. The van der Waals surface area contributed by atoms with Gasteiger partial charge in [0.15, 0.2) is 5.82 Å². The summed E-state index contributed by atoms with van der Waals surface area (Å²) in [6.07, 6.45) is 0. The van der Waals surface area contributed by atoms with Crippen LogP contribution in [0.4, 0.5) is 5.82 Å². The zero-order chi connectivity index (χ0) is 17.1. The predicted octanol–water partition coefficient (Wildman–Crippen LogP) is 3.31. The number of amides is 1. The molecule has 0 fully saturated rings. The number of carbonyl (C=O) groups is 1. The number of rotatable bonds is 5. The van der Waals surface area contributed by atoms with Crippen LogP contribution in [0, 0.1) is 0 Å². The van der Waals surface area contributed by atoms with Crippen molar-refractivity contribution in [2.24, 2.45) is 0 Å². The third-order valence-corrected chi connectivity index (χ3v) is 4.22. The van der Waals surface area contributed by atoms with Gasteiger partial charge in [-0.1, -0.05) is 30.5 Å². The number of benzene rings is 1. The first-order chi connectivity index (χ1) is 11.6. The number of hydrogen-bond donors (Lipinski definition) is 2. The summed E-state index contributed by atoms with van der Waals surface area (Å²) in [5.41, 5.74) is 2.32. The van der Waals surface area contributed by atoms with Crippen molar-refractivity contribution in [1.29, 1.82) is 0 Å². The predicted molar refractivity (Wildman–Crippen MR) is 92.5 cm³/mol. The number of aromatic amines is 1. The molecule has 0 aliphatic carbocycles. The maximum absolute atomic E-state index is 12.4. The van der Waals surface area contributed by atoms with Crippen LogP contribution in [0.3, 0.4) is 0 Å². The van der Waals surface area contributed by atoms with Crippen molar-refractivity contribution in [3.05, 3.63) is 40.9 Å². The van der Waals surface area contributed by atoms with Crippen LogP contribution in [0.15, 0.2) is 30.3 Å². The van der Waals surface area contributed by atoms with Crippen LogP contribution in [0.5, 0.6) is 5.75 Å². The standard InChI is InChI=1S/C16H17N5O2S/c1-9(2)14-15(24-21-20-14)16(22)17-13-8-11(18-19-13)10-6-4-5-7-12(10)23-3/h4-9H,1-3H3,(H2,17,18,19,22). The molecule has 2 heterocycles. The molecule has 3 rings (SSSR count). The fraction of sp³-hybridized carbons (Fsp3) is 0.250. The first-order valence-corrected chi connectivity index (χ1v) is 8.20. The van der Waals surface area contributed by atoms with Crippen molar-refractivity contribution >= 4 is 23.3 Å². The van der Waals surface area contributed by atoms with Crippen LogP contribution < -0.4 is 10.1 Å². The van der Waals surface area contributed by atoms with Crippen LogP contribution in [-0.4, -0.2) is 32.8 Å². The van der Waals surface area contributed by atoms with Gasteiger partial charge >= 0.3 is 0 Å². The van der Waals surface area contributed by atoms with Gasteiger partial charge in [0, 0.05) is 11.6 Å². The second-order valence-electron chi connectivity index (χ2n) is 5.46. The molecule has 2 aromatic heterocycles. The number of ether oxygens (including phenoxy) is 1. The van der Waals surface area contributed by atoms with Crippen LogP contribution >= 0.6 is 11.5 Å². The molecule has 0 radical (unpaired) electrons. The van der Waals surface area contributed by atoms with E-state index in [0.29, 0.717) is 16.4 Å². The lowest BCUT2D eigenvalue weighted by molar-refractivity contribution is 0.102. The lowest BCUT2D eigenvalue weighted by atomic mass is 10.1. The van der Waals surface area contributed by atoms with E-state index in [9.17, 15) is 4.79 Å². The summed E-state index contributed by atoms with van der Waals surface area (Å²) in [7, 11) is 1.61. The van der Waals surface area contributed by atoms with Gasteiger partial charge in [-0.05, 0) is 29.6 Å². The van der Waals surface area contributed by atoms with E-state index in [4.69, 9.17) is 4.74 Å². The maximum atomic E-state index is 12.4. The highest BCUT2D eigenvalue weighted by molar-refractivity contribution is 7.08. The van der Waals surface area contributed by atoms with E-state index < -0.39 is 0 Å². The number of methoxy groups -OCH3 is 1. The van der Waals surface area contributed by atoms with Crippen molar-refractivity contribution in [2.45, 2.75) is 19.8 Å². The Kier molecular flexibility index (Phi) is 4.57. The highest BCUT2D eigenvalue weighted by Gasteiger charge is 2.19. The lowest BCUT2D eigenvalue weighted by Crippen LogP contribution is -2.13. The van der Waals surface area contributed by atoms with Crippen LogP contribution in [0.25, 0.3) is 11.3 Å². The Bertz CT molecular complexity index is 856. The van der Waals surface area contributed by atoms with Crippen LogP contribution in [-0.2, 0) is 0 Å². The van der Waals surface area contributed by atoms with Crippen LogP contribution in [0.2, 0.25) is 0 Å². The Morgan fingerprint density at radius 2 is 2.12 bits per heavy atom. The SMILES string of the molecule is COc1ccccc1-c1cc(NC(=O)c2snnc2C(C)C)n[nH]1. The molecule has 0 saturated heterocycles. The Morgan fingerprint density at radius 3 is 2.88 bits per heavy atom. The maximum Gasteiger partial charge on any atom is 0.270 e. The van der Waals surface area contributed by atoms with Gasteiger partial charge in [0.2, 0.25) is 0 Å². The number of carbonyl (C=O) groups excluding carboxylic acids is 1. The minimum Gasteiger partial charge on any atom is -0.496 e. The topological polar surface area (TPSA) is 92.8 Å². The molecule has 0 bridgehead atoms. The molecule has 0 unspecified atom stereocenters. The van der Waals surface area contributed by atoms with E-state index in [-0.39, 0.29) is 11.8 Å². The normalized spacial score (nSPS) is 10.8. The largest absolute Gasteiger partial charge is 0.496 e. The van der Waals surface area contributed by atoms with E-state index >= 15 is 0 Å². The third kappa shape index (κ3) is 3.13. The highest BCUT2D eigenvalue weighted by atomic mass is 32.1. The third-order valence-electron chi connectivity index (χ3n) is 3.48. The number of hydrogen-bond acceptors (Lipinski definition) is 6. The van der Waals surface area contributed by atoms with E-state index in [1.54, 1.807) is 13.2 Å². The number of para-hydroxylation sites is 1. The lowest BCUT2D eigenvalue weighted by Gasteiger charge is -2.05. The molecule has 0 aliphatic heterocycles. The molecule has 124 valence electrons. The summed E-state index contributed by atoms with van der Waals surface area (Å²) in [5, 5.41) is 13.8. The number of H-pyrrole nitrogens is 1. The number of nitrogens with one attached hydrogen (secondary N) is 2. The van der Waals surface area contributed by atoms with Crippen molar-refractivity contribution in [3.8, 4) is 17.0 Å². The van der Waals surface area contributed by atoms with Crippen molar-refractivity contribution < 1.29 is 9.53 Å². The molecule has 1 aromatic carbocycles. The minimum absolute atomic E-state index is 0.132. The molecular formula is C16H17N5O2S. The molecule has 0 aliphatic rings. The summed E-state index contributed by atoms with van der Waals surface area (Å²) in [4.78, 5) is 12.9. The van der Waals surface area contributed by atoms with E-state index in [0.717, 1.165) is 28.5 Å². The Balaban J connectivity index is 1.81. The van der Waals surface area contributed by atoms with E-state index in [1.165, 1.54) is 0 Å². The van der Waals surface area contributed by atoms with Gasteiger partial charge in [-0.15, -0.1) is 5.10 Å². The van der Waals surface area contributed by atoms with Gasteiger partial charge in [0.25, 0.3) is 5.91 Å². The Hall–Kier alpha value is -2.74. The molecule has 2 N–H and O–H groups in total. The summed E-state index contributed by atoms with van der Waals surface area (Å²) < 4.78 is 9.21. The molecule has 0 atom stereocenters. The second-order valence-corrected chi connectivity index (χ2v) is 6.22. The number of nitrogens with zero attached hydrogens (tertiary/aromatic N) is 3.